The summed E-state index contributed by atoms with van der Waals surface area (Å²) in [5.74, 6) is -0.677. The van der Waals surface area contributed by atoms with Gasteiger partial charge in [-0.3, -0.25) is 9.59 Å². The standard InChI is InChI=1S/C27H28N2O5/c1-27(2,3)20-11-6-17(7-12-20)25(31)29-23-16-19(26(32)34-5)10-15-22(23)28-24(30)18-8-13-21(33-4)14-9-18/h6-16H,1-5H3,(H,28,30)(H,29,31). The van der Waals surface area contributed by atoms with Gasteiger partial charge in [-0.25, -0.2) is 4.79 Å². The maximum Gasteiger partial charge on any atom is 0.337 e. The Bertz CT molecular complexity index is 1190. The van der Waals surface area contributed by atoms with Gasteiger partial charge in [0.1, 0.15) is 5.75 Å². The van der Waals surface area contributed by atoms with Gasteiger partial charge in [0.25, 0.3) is 11.8 Å². The van der Waals surface area contributed by atoms with Gasteiger partial charge in [0.15, 0.2) is 0 Å². The summed E-state index contributed by atoms with van der Waals surface area (Å²) in [5, 5.41) is 5.59. The van der Waals surface area contributed by atoms with Crippen LogP contribution in [-0.2, 0) is 10.2 Å². The molecule has 0 saturated heterocycles. The number of rotatable bonds is 6. The fourth-order valence-electron chi connectivity index (χ4n) is 3.25. The molecule has 7 heteroatoms. The molecule has 0 aliphatic heterocycles. The molecule has 0 aliphatic carbocycles. The van der Waals surface area contributed by atoms with Crippen LogP contribution in [0.25, 0.3) is 0 Å². The Balaban J connectivity index is 1.88. The zero-order valence-electron chi connectivity index (χ0n) is 19.9. The van der Waals surface area contributed by atoms with Crippen LogP contribution in [0.15, 0.2) is 66.7 Å². The van der Waals surface area contributed by atoms with E-state index in [1.807, 2.05) is 12.1 Å². The van der Waals surface area contributed by atoms with Crippen LogP contribution in [0.3, 0.4) is 0 Å². The highest BCUT2D eigenvalue weighted by atomic mass is 16.5. The van der Waals surface area contributed by atoms with E-state index < -0.39 is 5.97 Å². The van der Waals surface area contributed by atoms with E-state index >= 15 is 0 Å². The molecule has 3 rings (SSSR count). The lowest BCUT2D eigenvalue weighted by Gasteiger charge is -2.19. The largest absolute Gasteiger partial charge is 0.497 e. The number of hydrogen-bond donors (Lipinski definition) is 2. The van der Waals surface area contributed by atoms with Crippen LogP contribution in [0.1, 0.15) is 57.4 Å². The quantitative estimate of drug-likeness (QED) is 0.488. The highest BCUT2D eigenvalue weighted by molar-refractivity contribution is 6.10. The summed E-state index contributed by atoms with van der Waals surface area (Å²) in [4.78, 5) is 37.8. The molecule has 0 aromatic heterocycles. The van der Waals surface area contributed by atoms with Gasteiger partial charge in [0.05, 0.1) is 31.2 Å². The Kier molecular flexibility index (Phi) is 7.36. The van der Waals surface area contributed by atoms with Crippen LogP contribution in [0.2, 0.25) is 0 Å². The molecule has 0 bridgehead atoms. The molecule has 2 amide bonds. The Labute approximate surface area is 199 Å². The first-order chi connectivity index (χ1) is 16.1. The van der Waals surface area contributed by atoms with Gasteiger partial charge in [-0.15, -0.1) is 0 Å². The van der Waals surface area contributed by atoms with E-state index in [1.165, 1.54) is 19.2 Å². The first-order valence-electron chi connectivity index (χ1n) is 10.7. The first-order valence-corrected chi connectivity index (χ1v) is 10.7. The van der Waals surface area contributed by atoms with Gasteiger partial charge < -0.3 is 20.1 Å². The number of anilines is 2. The zero-order valence-corrected chi connectivity index (χ0v) is 19.9. The maximum atomic E-state index is 13.0. The topological polar surface area (TPSA) is 93.7 Å². The SMILES string of the molecule is COC(=O)c1ccc(NC(=O)c2ccc(OC)cc2)c(NC(=O)c2ccc(C(C)(C)C)cc2)c1. The number of carbonyl (C=O) groups is 3. The number of ether oxygens (including phenoxy) is 2. The molecule has 0 radical (unpaired) electrons. The monoisotopic (exact) mass is 460 g/mol. The summed E-state index contributed by atoms with van der Waals surface area (Å²) in [5.41, 5.74) is 2.77. The van der Waals surface area contributed by atoms with Crippen LogP contribution in [0, 0.1) is 0 Å². The number of methoxy groups -OCH3 is 2. The summed E-state index contributed by atoms with van der Waals surface area (Å²) >= 11 is 0. The lowest BCUT2D eigenvalue weighted by atomic mass is 9.87. The van der Waals surface area contributed by atoms with E-state index in [9.17, 15) is 14.4 Å². The molecule has 34 heavy (non-hydrogen) atoms. The van der Waals surface area contributed by atoms with Crippen molar-refractivity contribution >= 4 is 29.2 Å². The molecule has 0 fully saturated rings. The Hall–Kier alpha value is -4.13. The zero-order chi connectivity index (χ0) is 24.9. The molecule has 0 saturated carbocycles. The second-order valence-electron chi connectivity index (χ2n) is 8.72. The van der Waals surface area contributed by atoms with Gasteiger partial charge in [-0.05, 0) is 65.6 Å². The predicted octanol–water partition coefficient (Wildman–Crippen LogP) is 5.28. The molecule has 0 aliphatic rings. The fraction of sp³-hybridized carbons (Fsp3) is 0.222. The Morgan fingerprint density at radius 3 is 1.68 bits per heavy atom. The number of esters is 1. The number of carbonyl (C=O) groups excluding carboxylic acids is 3. The average Bonchev–Trinajstić information content (AvgIpc) is 2.84. The van der Waals surface area contributed by atoms with Crippen molar-refractivity contribution in [1.29, 1.82) is 0 Å². The van der Waals surface area contributed by atoms with E-state index in [4.69, 9.17) is 9.47 Å². The molecule has 176 valence electrons. The van der Waals surface area contributed by atoms with Crippen LogP contribution in [0.4, 0.5) is 11.4 Å². The highest BCUT2D eigenvalue weighted by Crippen LogP contribution is 2.27. The molecule has 0 heterocycles. The first kappa shape index (κ1) is 24.5. The molecular weight excluding hydrogens is 432 g/mol. The molecule has 3 aromatic carbocycles. The minimum absolute atomic E-state index is 0.0389. The number of benzene rings is 3. The van der Waals surface area contributed by atoms with E-state index in [2.05, 4.69) is 31.4 Å². The summed E-state index contributed by atoms with van der Waals surface area (Å²) < 4.78 is 9.91. The van der Waals surface area contributed by atoms with E-state index in [0.717, 1.165) is 5.56 Å². The van der Waals surface area contributed by atoms with Crippen LogP contribution in [-0.4, -0.2) is 32.0 Å². The number of amides is 2. The van der Waals surface area contributed by atoms with Gasteiger partial charge in [0.2, 0.25) is 0 Å². The smallest absolute Gasteiger partial charge is 0.337 e. The highest BCUT2D eigenvalue weighted by Gasteiger charge is 2.17. The van der Waals surface area contributed by atoms with E-state index in [-0.39, 0.29) is 28.5 Å². The molecular formula is C27H28N2O5. The maximum absolute atomic E-state index is 13.0. The number of hydrogen-bond acceptors (Lipinski definition) is 5. The summed E-state index contributed by atoms with van der Waals surface area (Å²) in [6.07, 6.45) is 0. The molecule has 3 aromatic rings. The van der Waals surface area contributed by atoms with Crippen molar-refractivity contribution in [3.8, 4) is 5.75 Å². The van der Waals surface area contributed by atoms with Crippen molar-refractivity contribution in [2.24, 2.45) is 0 Å². The van der Waals surface area contributed by atoms with Crippen molar-refractivity contribution in [2.75, 3.05) is 24.9 Å². The average molecular weight is 461 g/mol. The van der Waals surface area contributed by atoms with Crippen molar-refractivity contribution < 1.29 is 23.9 Å². The van der Waals surface area contributed by atoms with Crippen molar-refractivity contribution in [3.63, 3.8) is 0 Å². The van der Waals surface area contributed by atoms with Crippen molar-refractivity contribution in [3.05, 3.63) is 89.0 Å². The van der Waals surface area contributed by atoms with Crippen LogP contribution < -0.4 is 15.4 Å². The Morgan fingerprint density at radius 2 is 1.18 bits per heavy atom. The molecule has 0 atom stereocenters. The second-order valence-corrected chi connectivity index (χ2v) is 8.72. The lowest BCUT2D eigenvalue weighted by molar-refractivity contribution is 0.0600. The number of nitrogens with one attached hydrogen (secondary N) is 2. The minimum atomic E-state index is -0.557. The Morgan fingerprint density at radius 1 is 0.676 bits per heavy atom. The van der Waals surface area contributed by atoms with Gasteiger partial charge >= 0.3 is 5.97 Å². The van der Waals surface area contributed by atoms with E-state index in [1.54, 1.807) is 49.6 Å². The van der Waals surface area contributed by atoms with Crippen molar-refractivity contribution in [1.82, 2.24) is 0 Å². The molecule has 0 spiro atoms. The minimum Gasteiger partial charge on any atom is -0.497 e. The summed E-state index contributed by atoms with van der Waals surface area (Å²) in [6, 6.07) is 18.5. The third-order valence-electron chi connectivity index (χ3n) is 5.30. The second kappa shape index (κ2) is 10.2. The summed E-state index contributed by atoms with van der Waals surface area (Å²) in [7, 11) is 2.82. The van der Waals surface area contributed by atoms with Crippen molar-refractivity contribution in [2.45, 2.75) is 26.2 Å². The van der Waals surface area contributed by atoms with Crippen LogP contribution in [0.5, 0.6) is 5.75 Å². The molecule has 2 N–H and O–H groups in total. The molecule has 7 nitrogen and oxygen atoms in total. The van der Waals surface area contributed by atoms with Gasteiger partial charge in [-0.1, -0.05) is 32.9 Å². The normalized spacial score (nSPS) is 10.9. The summed E-state index contributed by atoms with van der Waals surface area (Å²) in [6.45, 7) is 6.29. The molecule has 0 unspecified atom stereocenters. The van der Waals surface area contributed by atoms with Crippen LogP contribution >= 0.6 is 0 Å². The van der Waals surface area contributed by atoms with Gasteiger partial charge in [0, 0.05) is 11.1 Å². The predicted molar refractivity (Wildman–Crippen MR) is 132 cm³/mol. The third kappa shape index (κ3) is 5.81. The third-order valence-corrected chi connectivity index (χ3v) is 5.30. The van der Waals surface area contributed by atoms with Gasteiger partial charge in [-0.2, -0.15) is 0 Å². The lowest BCUT2D eigenvalue weighted by Crippen LogP contribution is -2.18. The van der Waals surface area contributed by atoms with E-state index in [0.29, 0.717) is 22.6 Å². The fourth-order valence-corrected chi connectivity index (χ4v) is 3.25.